The van der Waals surface area contributed by atoms with Gasteiger partial charge in [0.15, 0.2) is 0 Å². The number of rotatable bonds is 6. The van der Waals surface area contributed by atoms with Crippen molar-refractivity contribution < 1.29 is 38.4 Å². The number of carbonyl (C=O) groups is 2. The van der Waals surface area contributed by atoms with Crippen molar-refractivity contribution in [3.8, 4) is 11.5 Å². The summed E-state index contributed by atoms with van der Waals surface area (Å²) in [6.07, 6.45) is 1.09. The van der Waals surface area contributed by atoms with E-state index < -0.39 is 22.2 Å². The van der Waals surface area contributed by atoms with Gasteiger partial charge in [-0.3, -0.25) is 20.2 Å². The van der Waals surface area contributed by atoms with Crippen LogP contribution in [0.4, 0.5) is 21.0 Å². The largest absolute Gasteiger partial charge is 0.514 e. The van der Waals surface area contributed by atoms with E-state index in [0.717, 1.165) is 12.8 Å². The Balaban J connectivity index is 1.25. The van der Waals surface area contributed by atoms with Gasteiger partial charge in [-0.15, -0.1) is 0 Å². The number of carbonyl (C=O) groups excluding carboxylic acids is 2. The third-order valence-electron chi connectivity index (χ3n) is 6.76. The zero-order valence-corrected chi connectivity index (χ0v) is 20.3. The first-order chi connectivity index (χ1) is 17.6. The molecule has 37 heavy (non-hydrogen) atoms. The van der Waals surface area contributed by atoms with Crippen LogP contribution < -0.4 is 9.47 Å². The number of fused-ring (bicyclic) bond motifs is 1. The minimum absolute atomic E-state index is 0.0949. The van der Waals surface area contributed by atoms with Crippen LogP contribution in [0.1, 0.15) is 43.2 Å². The highest BCUT2D eigenvalue weighted by Crippen LogP contribution is 2.50. The van der Waals surface area contributed by atoms with Gasteiger partial charge in [-0.1, -0.05) is 0 Å². The third kappa shape index (κ3) is 6.32. The summed E-state index contributed by atoms with van der Waals surface area (Å²) in [5.41, 5.74) is 0.701. The summed E-state index contributed by atoms with van der Waals surface area (Å²) in [6, 6.07) is 7.88. The van der Waals surface area contributed by atoms with Crippen LogP contribution in [0.5, 0.6) is 11.5 Å². The molecule has 0 N–H and O–H groups in total. The zero-order valence-electron chi connectivity index (χ0n) is 20.3. The molecule has 2 aliphatic rings. The lowest BCUT2D eigenvalue weighted by Crippen LogP contribution is -2.22. The molecule has 196 valence electrons. The summed E-state index contributed by atoms with van der Waals surface area (Å²) in [4.78, 5) is 45.3. The summed E-state index contributed by atoms with van der Waals surface area (Å²) >= 11 is 0. The van der Waals surface area contributed by atoms with Crippen LogP contribution in [0.2, 0.25) is 0 Å². The van der Waals surface area contributed by atoms with Crippen LogP contribution in [0.15, 0.2) is 36.4 Å². The van der Waals surface area contributed by atoms with E-state index in [4.69, 9.17) is 18.9 Å². The molecule has 2 aromatic rings. The molecule has 4 unspecified atom stereocenters. The van der Waals surface area contributed by atoms with Crippen molar-refractivity contribution in [1.82, 2.24) is 0 Å². The molecule has 2 aromatic carbocycles. The fourth-order valence-corrected chi connectivity index (χ4v) is 4.76. The highest BCUT2D eigenvalue weighted by molar-refractivity contribution is 5.66. The molecule has 4 rings (SSSR count). The quantitative estimate of drug-likeness (QED) is 0.200. The van der Waals surface area contributed by atoms with Crippen molar-refractivity contribution in [1.29, 1.82) is 0 Å². The van der Waals surface area contributed by atoms with Gasteiger partial charge in [0.05, 0.1) is 9.85 Å². The maximum Gasteiger partial charge on any atom is 0.514 e. The molecule has 4 atom stereocenters. The van der Waals surface area contributed by atoms with Crippen molar-refractivity contribution in [3.05, 3.63) is 67.8 Å². The molecule has 2 aliphatic carbocycles. The van der Waals surface area contributed by atoms with Crippen molar-refractivity contribution in [3.63, 3.8) is 0 Å². The molecule has 0 radical (unpaired) electrons. The number of hydrogen-bond donors (Lipinski definition) is 0. The van der Waals surface area contributed by atoms with Crippen LogP contribution in [0.3, 0.4) is 0 Å². The van der Waals surface area contributed by atoms with E-state index in [1.807, 2.05) is 0 Å². The first kappa shape index (κ1) is 25.9. The van der Waals surface area contributed by atoms with Gasteiger partial charge < -0.3 is 18.9 Å². The molecule has 0 saturated heterocycles. The first-order valence-corrected chi connectivity index (χ1v) is 11.9. The molecule has 0 bridgehead atoms. The molecule has 2 fully saturated rings. The molecule has 0 aliphatic heterocycles. The standard InChI is InChI=1S/C25H26N2O10/c1-14-12-16(26(30)31)6-10-21(14)35-24(28)34-18-4-3-5-19-20(9-8-18)23(19)37-25(29)36-22-11-7-17(27(32)33)13-15(22)2/h6-7,10-13,18-20,23H,3-5,8-9H2,1-2H3. The maximum absolute atomic E-state index is 12.3. The molecule has 12 heteroatoms. The number of nitro groups is 2. The van der Waals surface area contributed by atoms with Crippen LogP contribution >= 0.6 is 0 Å². The molecule has 0 amide bonds. The van der Waals surface area contributed by atoms with E-state index >= 15 is 0 Å². The van der Waals surface area contributed by atoms with E-state index in [9.17, 15) is 29.8 Å². The van der Waals surface area contributed by atoms with Gasteiger partial charge in [-0.2, -0.15) is 0 Å². The van der Waals surface area contributed by atoms with Crippen molar-refractivity contribution in [2.24, 2.45) is 11.8 Å². The van der Waals surface area contributed by atoms with Crippen molar-refractivity contribution in [2.75, 3.05) is 0 Å². The van der Waals surface area contributed by atoms with Gasteiger partial charge in [0.25, 0.3) is 11.4 Å². The van der Waals surface area contributed by atoms with Crippen molar-refractivity contribution >= 4 is 23.7 Å². The van der Waals surface area contributed by atoms with Gasteiger partial charge in [-0.05, 0) is 69.2 Å². The monoisotopic (exact) mass is 514 g/mol. The number of benzene rings is 2. The Bertz CT molecular complexity index is 1150. The fourth-order valence-electron chi connectivity index (χ4n) is 4.76. The summed E-state index contributed by atoms with van der Waals surface area (Å²) in [6.45, 7) is 3.21. The topological polar surface area (TPSA) is 157 Å². The van der Waals surface area contributed by atoms with E-state index in [-0.39, 0.29) is 46.9 Å². The second kappa shape index (κ2) is 10.8. The predicted octanol–water partition coefficient (Wildman–Crippen LogP) is 5.80. The second-order valence-electron chi connectivity index (χ2n) is 9.28. The lowest BCUT2D eigenvalue weighted by molar-refractivity contribution is -0.385. The fraction of sp³-hybridized carbons (Fsp3) is 0.440. The van der Waals surface area contributed by atoms with Crippen LogP contribution in [0.25, 0.3) is 0 Å². The molecule has 0 heterocycles. The minimum atomic E-state index is -0.871. The first-order valence-electron chi connectivity index (χ1n) is 11.9. The summed E-state index contributed by atoms with van der Waals surface area (Å²) in [5, 5.41) is 21.7. The average molecular weight is 514 g/mol. The summed E-state index contributed by atoms with van der Waals surface area (Å²) < 4.78 is 21.5. The highest BCUT2D eigenvalue weighted by Gasteiger charge is 2.53. The highest BCUT2D eigenvalue weighted by atomic mass is 16.7. The van der Waals surface area contributed by atoms with Crippen LogP contribution in [-0.4, -0.2) is 34.4 Å². The van der Waals surface area contributed by atoms with Crippen molar-refractivity contribution in [2.45, 2.75) is 58.2 Å². The number of hydrogen-bond acceptors (Lipinski definition) is 10. The lowest BCUT2D eigenvalue weighted by Gasteiger charge is -2.19. The van der Waals surface area contributed by atoms with E-state index in [2.05, 4.69) is 0 Å². The smallest absolute Gasteiger partial charge is 0.431 e. The second-order valence-corrected chi connectivity index (χ2v) is 9.28. The molecular formula is C25H26N2O10. The minimum Gasteiger partial charge on any atom is -0.431 e. The van der Waals surface area contributed by atoms with Gasteiger partial charge in [0.2, 0.25) is 0 Å². The van der Waals surface area contributed by atoms with E-state index in [0.29, 0.717) is 30.4 Å². The molecule has 0 spiro atoms. The van der Waals surface area contributed by atoms with E-state index in [1.54, 1.807) is 13.8 Å². The van der Waals surface area contributed by atoms with Gasteiger partial charge >= 0.3 is 12.3 Å². The average Bonchev–Trinajstić information content (AvgIpc) is 3.46. The number of ether oxygens (including phenoxy) is 4. The number of aryl methyl sites for hydroxylation is 2. The predicted molar refractivity (Wildman–Crippen MR) is 128 cm³/mol. The SMILES string of the molecule is Cc1cc([N+](=O)[O-])ccc1OC(=O)OC1CCCC2C(CC1)C2OC(=O)Oc1ccc([N+](=O)[O-])cc1C. The summed E-state index contributed by atoms with van der Waals surface area (Å²) in [5.74, 6) is 0.730. The Morgan fingerprint density at radius 3 is 1.78 bits per heavy atom. The zero-order chi connectivity index (χ0) is 26.7. The Morgan fingerprint density at radius 1 is 0.757 bits per heavy atom. The Hall–Kier alpha value is -4.22. The number of nitro benzene ring substituents is 2. The molecule has 2 saturated carbocycles. The van der Waals surface area contributed by atoms with Crippen LogP contribution in [-0.2, 0) is 9.47 Å². The molecule has 12 nitrogen and oxygen atoms in total. The Labute approximate surface area is 211 Å². The Morgan fingerprint density at radius 2 is 1.27 bits per heavy atom. The number of non-ortho nitro benzene ring substituents is 2. The van der Waals surface area contributed by atoms with Crippen LogP contribution in [0, 0.1) is 45.9 Å². The lowest BCUT2D eigenvalue weighted by atomic mass is 9.99. The third-order valence-corrected chi connectivity index (χ3v) is 6.76. The summed E-state index contributed by atoms with van der Waals surface area (Å²) in [7, 11) is 0. The van der Waals surface area contributed by atoms with Gasteiger partial charge in [0, 0.05) is 36.1 Å². The number of nitrogens with zero attached hydrogens (tertiary/aromatic N) is 2. The van der Waals surface area contributed by atoms with Gasteiger partial charge in [-0.25, -0.2) is 9.59 Å². The molecular weight excluding hydrogens is 488 g/mol. The van der Waals surface area contributed by atoms with Gasteiger partial charge in [0.1, 0.15) is 23.7 Å². The maximum atomic E-state index is 12.3. The molecule has 0 aromatic heterocycles. The normalized spacial score (nSPS) is 22.4. The van der Waals surface area contributed by atoms with E-state index in [1.165, 1.54) is 36.4 Å². The Kier molecular flexibility index (Phi) is 7.55.